The number of aryl methyl sites for hydroxylation is 1. The van der Waals surface area contributed by atoms with E-state index in [0.29, 0.717) is 0 Å². The average Bonchev–Trinajstić information content (AvgIpc) is 3.00. The average molecular weight is 335 g/mol. The van der Waals surface area contributed by atoms with Crippen molar-refractivity contribution < 1.29 is 0 Å². The van der Waals surface area contributed by atoms with E-state index in [-0.39, 0.29) is 5.92 Å². The highest BCUT2D eigenvalue weighted by atomic mass is 15.0. The van der Waals surface area contributed by atoms with Crippen LogP contribution in [-0.2, 0) is 7.05 Å². The van der Waals surface area contributed by atoms with E-state index < -0.39 is 0 Å². The third kappa shape index (κ3) is 2.69. The largest absolute Gasteiger partial charge is 0.343 e. The molecule has 0 aliphatic carbocycles. The standard InChI is InChI=1S/C25H21N/c1-3-12-21(19-13-6-4-7-14-19)24-22-17-10-11-18-23(22)26(2)25(24)20-15-8-5-9-16-20/h4-18,21H,1H2,2H3. The Kier molecular flexibility index (Phi) is 4.31. The first-order valence-electron chi connectivity index (χ1n) is 8.85. The molecule has 0 radical (unpaired) electrons. The molecule has 1 heteroatoms. The van der Waals surface area contributed by atoms with Gasteiger partial charge in [0.05, 0.1) is 5.69 Å². The molecule has 1 aromatic heterocycles. The molecule has 0 saturated carbocycles. The van der Waals surface area contributed by atoms with Gasteiger partial charge in [-0.05, 0) is 28.8 Å². The summed E-state index contributed by atoms with van der Waals surface area (Å²) in [6, 6.07) is 29.8. The molecule has 4 aromatic rings. The van der Waals surface area contributed by atoms with Gasteiger partial charge in [0.2, 0.25) is 0 Å². The lowest BCUT2D eigenvalue weighted by Gasteiger charge is -2.16. The summed E-state index contributed by atoms with van der Waals surface area (Å²) >= 11 is 0. The Balaban J connectivity index is 2.09. The first kappa shape index (κ1) is 16.2. The Labute approximate surface area is 154 Å². The number of hydrogen-bond donors (Lipinski definition) is 0. The van der Waals surface area contributed by atoms with E-state index in [2.05, 4.69) is 115 Å². The first-order valence-corrected chi connectivity index (χ1v) is 8.85. The molecule has 1 unspecified atom stereocenters. The Morgan fingerprint density at radius 3 is 2.15 bits per heavy atom. The number of aromatic nitrogens is 1. The van der Waals surface area contributed by atoms with Crippen LogP contribution in [-0.4, -0.2) is 4.57 Å². The minimum atomic E-state index is 0.106. The summed E-state index contributed by atoms with van der Waals surface area (Å²) in [6.45, 7) is 3.85. The van der Waals surface area contributed by atoms with Gasteiger partial charge in [0.1, 0.15) is 0 Å². The van der Waals surface area contributed by atoms with Crippen molar-refractivity contribution in [3.8, 4) is 11.3 Å². The number of fused-ring (bicyclic) bond motifs is 1. The minimum absolute atomic E-state index is 0.106. The smallest absolute Gasteiger partial charge is 0.0530 e. The van der Waals surface area contributed by atoms with E-state index in [1.807, 2.05) is 0 Å². The van der Waals surface area contributed by atoms with E-state index in [9.17, 15) is 0 Å². The van der Waals surface area contributed by atoms with E-state index in [1.165, 1.54) is 33.3 Å². The summed E-state index contributed by atoms with van der Waals surface area (Å²) in [4.78, 5) is 0. The molecule has 0 spiro atoms. The zero-order valence-electron chi connectivity index (χ0n) is 14.9. The topological polar surface area (TPSA) is 4.93 Å². The number of para-hydroxylation sites is 1. The van der Waals surface area contributed by atoms with Crippen LogP contribution >= 0.6 is 0 Å². The van der Waals surface area contributed by atoms with Gasteiger partial charge >= 0.3 is 0 Å². The van der Waals surface area contributed by atoms with Crippen LogP contribution in [0.5, 0.6) is 0 Å². The summed E-state index contributed by atoms with van der Waals surface area (Å²) in [5.74, 6) is 0.106. The second-order valence-corrected chi connectivity index (χ2v) is 6.46. The monoisotopic (exact) mass is 335 g/mol. The maximum absolute atomic E-state index is 3.85. The van der Waals surface area contributed by atoms with Gasteiger partial charge in [0.25, 0.3) is 0 Å². The van der Waals surface area contributed by atoms with Crippen LogP contribution in [0.3, 0.4) is 0 Å². The molecule has 0 aliphatic rings. The molecule has 126 valence electrons. The number of hydrogen-bond acceptors (Lipinski definition) is 0. The van der Waals surface area contributed by atoms with Gasteiger partial charge in [-0.15, -0.1) is 5.73 Å². The molecule has 0 bridgehead atoms. The van der Waals surface area contributed by atoms with Crippen molar-refractivity contribution in [2.24, 2.45) is 7.05 Å². The maximum atomic E-state index is 3.85. The number of rotatable bonds is 4. The normalized spacial score (nSPS) is 11.9. The van der Waals surface area contributed by atoms with Gasteiger partial charge in [0, 0.05) is 23.9 Å². The molecule has 3 aromatic carbocycles. The van der Waals surface area contributed by atoms with Crippen LogP contribution in [0.25, 0.3) is 22.2 Å². The van der Waals surface area contributed by atoms with E-state index in [0.717, 1.165) is 0 Å². The first-order chi connectivity index (χ1) is 12.8. The van der Waals surface area contributed by atoms with Crippen molar-refractivity contribution in [2.45, 2.75) is 5.92 Å². The Hall–Kier alpha value is -3.28. The van der Waals surface area contributed by atoms with Gasteiger partial charge in [-0.25, -0.2) is 0 Å². The summed E-state index contributed by atoms with van der Waals surface area (Å²) in [6.07, 6.45) is 2.07. The zero-order chi connectivity index (χ0) is 17.9. The van der Waals surface area contributed by atoms with Crippen LogP contribution in [0.2, 0.25) is 0 Å². The van der Waals surface area contributed by atoms with Gasteiger partial charge < -0.3 is 4.57 Å². The predicted molar refractivity (Wildman–Crippen MR) is 110 cm³/mol. The molecule has 0 amide bonds. The van der Waals surface area contributed by atoms with Gasteiger partial charge in [-0.1, -0.05) is 85.4 Å². The highest BCUT2D eigenvalue weighted by Gasteiger charge is 2.23. The fourth-order valence-corrected chi connectivity index (χ4v) is 3.81. The van der Waals surface area contributed by atoms with E-state index >= 15 is 0 Å². The lowest BCUT2D eigenvalue weighted by Crippen LogP contribution is -2.01. The van der Waals surface area contributed by atoms with Gasteiger partial charge in [-0.3, -0.25) is 0 Å². The summed E-state index contributed by atoms with van der Waals surface area (Å²) in [5, 5.41) is 1.27. The van der Waals surface area contributed by atoms with Crippen LogP contribution < -0.4 is 0 Å². The third-order valence-corrected chi connectivity index (χ3v) is 4.95. The Morgan fingerprint density at radius 1 is 0.846 bits per heavy atom. The maximum Gasteiger partial charge on any atom is 0.0530 e. The fraction of sp³-hybridized carbons (Fsp3) is 0.0800. The molecule has 4 rings (SSSR count). The van der Waals surface area contributed by atoms with Crippen molar-refractivity contribution in [3.63, 3.8) is 0 Å². The molecular formula is C25H21N. The van der Waals surface area contributed by atoms with Crippen LogP contribution in [0, 0.1) is 0 Å². The molecular weight excluding hydrogens is 314 g/mol. The van der Waals surface area contributed by atoms with Gasteiger partial charge in [0.15, 0.2) is 0 Å². The fourth-order valence-electron chi connectivity index (χ4n) is 3.81. The molecule has 26 heavy (non-hydrogen) atoms. The SMILES string of the molecule is C=C=CC(c1ccccc1)c1c(-c2ccccc2)n(C)c2ccccc12. The van der Waals surface area contributed by atoms with Crippen molar-refractivity contribution in [2.75, 3.05) is 0 Å². The summed E-state index contributed by atoms with van der Waals surface area (Å²) < 4.78 is 2.30. The van der Waals surface area contributed by atoms with Crippen LogP contribution in [0.1, 0.15) is 17.0 Å². The highest BCUT2D eigenvalue weighted by Crippen LogP contribution is 2.40. The predicted octanol–water partition coefficient (Wildman–Crippen LogP) is 6.32. The van der Waals surface area contributed by atoms with E-state index in [1.54, 1.807) is 0 Å². The van der Waals surface area contributed by atoms with Crippen molar-refractivity contribution >= 4 is 10.9 Å². The Bertz CT molecular complexity index is 1080. The lowest BCUT2D eigenvalue weighted by molar-refractivity contribution is 0.951. The second-order valence-electron chi connectivity index (χ2n) is 6.46. The minimum Gasteiger partial charge on any atom is -0.343 e. The molecule has 0 aliphatic heterocycles. The van der Waals surface area contributed by atoms with Crippen molar-refractivity contribution in [3.05, 3.63) is 114 Å². The molecule has 0 saturated heterocycles. The third-order valence-electron chi connectivity index (χ3n) is 4.95. The number of allylic oxidation sites excluding steroid dienone is 1. The van der Waals surface area contributed by atoms with Gasteiger partial charge in [-0.2, -0.15) is 0 Å². The lowest BCUT2D eigenvalue weighted by atomic mass is 9.87. The van der Waals surface area contributed by atoms with E-state index in [4.69, 9.17) is 0 Å². The summed E-state index contributed by atoms with van der Waals surface area (Å²) in [5.41, 5.74) is 9.28. The zero-order valence-corrected chi connectivity index (χ0v) is 14.9. The molecule has 1 nitrogen and oxygen atoms in total. The second kappa shape index (κ2) is 6.92. The molecule has 0 N–H and O–H groups in total. The van der Waals surface area contributed by atoms with Crippen molar-refractivity contribution in [1.82, 2.24) is 4.57 Å². The summed E-state index contributed by atoms with van der Waals surface area (Å²) in [7, 11) is 2.15. The quantitative estimate of drug-likeness (QED) is 0.385. The molecule has 0 fully saturated rings. The number of benzene rings is 3. The molecule has 1 heterocycles. The molecule has 1 atom stereocenters. The Morgan fingerprint density at radius 2 is 1.46 bits per heavy atom. The van der Waals surface area contributed by atoms with Crippen LogP contribution in [0.4, 0.5) is 0 Å². The highest BCUT2D eigenvalue weighted by molar-refractivity contribution is 5.93. The van der Waals surface area contributed by atoms with Crippen LogP contribution in [0.15, 0.2) is 103 Å². The van der Waals surface area contributed by atoms with Crippen molar-refractivity contribution in [1.29, 1.82) is 0 Å². The number of nitrogens with zero attached hydrogens (tertiary/aromatic N) is 1.